The van der Waals surface area contributed by atoms with Gasteiger partial charge in [-0.3, -0.25) is 0 Å². The number of rotatable bonds is 2. The Morgan fingerprint density at radius 3 is 2.36 bits per heavy atom. The van der Waals surface area contributed by atoms with Crippen LogP contribution in [0.2, 0.25) is 19.6 Å². The summed E-state index contributed by atoms with van der Waals surface area (Å²) in [6, 6.07) is 0.863. The molecule has 0 aromatic heterocycles. The fourth-order valence-corrected chi connectivity index (χ4v) is 3.53. The largest absolute Gasteiger partial charge is 0.303 e. The van der Waals surface area contributed by atoms with E-state index in [-0.39, 0.29) is 0 Å². The van der Waals surface area contributed by atoms with Crippen molar-refractivity contribution >= 4 is 8.07 Å². The zero-order valence-corrected chi connectivity index (χ0v) is 9.35. The first-order valence-electron chi connectivity index (χ1n) is 4.73. The van der Waals surface area contributed by atoms with Gasteiger partial charge in [-0.25, -0.2) is 0 Å². The maximum Gasteiger partial charge on any atom is 0.0599 e. The average molecular weight is 171 g/mol. The molecule has 0 aromatic carbocycles. The molecule has 1 rings (SSSR count). The van der Waals surface area contributed by atoms with Crippen LogP contribution in [0.3, 0.4) is 0 Å². The van der Waals surface area contributed by atoms with Gasteiger partial charge in [0.25, 0.3) is 0 Å². The Kier molecular flexibility index (Phi) is 2.76. The Balaban J connectivity index is 2.37. The molecular formula is C9H21NSi. The number of likely N-dealkylation sites (tertiary alicyclic amines) is 1. The zero-order valence-electron chi connectivity index (χ0n) is 8.35. The van der Waals surface area contributed by atoms with E-state index in [2.05, 4.69) is 31.5 Å². The van der Waals surface area contributed by atoms with E-state index in [0.717, 1.165) is 6.04 Å². The summed E-state index contributed by atoms with van der Waals surface area (Å²) >= 11 is 0. The van der Waals surface area contributed by atoms with Gasteiger partial charge < -0.3 is 4.90 Å². The molecule has 2 heteroatoms. The molecule has 1 heterocycles. The van der Waals surface area contributed by atoms with Crippen LogP contribution >= 0.6 is 0 Å². The van der Waals surface area contributed by atoms with Crippen LogP contribution < -0.4 is 0 Å². The van der Waals surface area contributed by atoms with Gasteiger partial charge >= 0.3 is 0 Å². The van der Waals surface area contributed by atoms with E-state index in [1.54, 1.807) is 0 Å². The zero-order chi connectivity index (χ0) is 8.48. The highest BCUT2D eigenvalue weighted by molar-refractivity contribution is 6.76. The van der Waals surface area contributed by atoms with Gasteiger partial charge in [-0.1, -0.05) is 19.6 Å². The van der Waals surface area contributed by atoms with E-state index in [1.807, 2.05) is 0 Å². The summed E-state index contributed by atoms with van der Waals surface area (Å²) in [5.74, 6) is 0. The van der Waals surface area contributed by atoms with Crippen molar-refractivity contribution in [1.82, 2.24) is 4.90 Å². The van der Waals surface area contributed by atoms with Crippen molar-refractivity contribution in [3.8, 4) is 0 Å². The Labute approximate surface area is 71.8 Å². The second-order valence-electron chi connectivity index (χ2n) is 5.02. The number of hydrogen-bond donors (Lipinski definition) is 0. The summed E-state index contributed by atoms with van der Waals surface area (Å²) in [5, 5.41) is 0. The molecule has 0 N–H and O–H groups in total. The first-order valence-corrected chi connectivity index (χ1v) is 8.44. The standard InChI is InChI=1S/C9H21NSi/c1-9-6-5-7-10(9)8-11(2,3)4/h9H,5-8H2,1-4H3. The Hall–Kier alpha value is 0.177. The quantitative estimate of drug-likeness (QED) is 0.577. The first kappa shape index (κ1) is 9.27. The van der Waals surface area contributed by atoms with Crippen molar-refractivity contribution in [1.29, 1.82) is 0 Å². The van der Waals surface area contributed by atoms with Gasteiger partial charge in [0, 0.05) is 6.04 Å². The predicted octanol–water partition coefficient (Wildman–Crippen LogP) is 2.35. The van der Waals surface area contributed by atoms with Crippen LogP contribution in [0.1, 0.15) is 19.8 Å². The van der Waals surface area contributed by atoms with E-state index in [4.69, 9.17) is 0 Å². The van der Waals surface area contributed by atoms with E-state index in [0.29, 0.717) is 0 Å². The van der Waals surface area contributed by atoms with Crippen LogP contribution in [0, 0.1) is 0 Å². The van der Waals surface area contributed by atoms with Crippen LogP contribution in [0.15, 0.2) is 0 Å². The highest BCUT2D eigenvalue weighted by Crippen LogP contribution is 2.18. The molecule has 0 aromatic rings. The van der Waals surface area contributed by atoms with Crippen LogP contribution in [0.5, 0.6) is 0 Å². The second kappa shape index (κ2) is 3.28. The lowest BCUT2D eigenvalue weighted by Gasteiger charge is -2.28. The molecule has 1 atom stereocenters. The van der Waals surface area contributed by atoms with E-state index >= 15 is 0 Å². The Morgan fingerprint density at radius 2 is 2.00 bits per heavy atom. The van der Waals surface area contributed by atoms with Gasteiger partial charge in [0.15, 0.2) is 0 Å². The SMILES string of the molecule is CC1CCCN1C[Si](C)(C)C. The Morgan fingerprint density at radius 1 is 1.36 bits per heavy atom. The molecule has 1 unspecified atom stereocenters. The highest BCUT2D eigenvalue weighted by atomic mass is 28.3. The van der Waals surface area contributed by atoms with Gasteiger partial charge in [0.2, 0.25) is 0 Å². The van der Waals surface area contributed by atoms with E-state index in [9.17, 15) is 0 Å². The Bertz CT molecular complexity index is 128. The normalized spacial score (nSPS) is 27.8. The summed E-state index contributed by atoms with van der Waals surface area (Å²) in [6.45, 7) is 11.1. The van der Waals surface area contributed by atoms with Gasteiger partial charge in [-0.2, -0.15) is 0 Å². The lowest BCUT2D eigenvalue weighted by Crippen LogP contribution is -2.41. The molecule has 1 nitrogen and oxygen atoms in total. The molecule has 11 heavy (non-hydrogen) atoms. The third-order valence-corrected chi connectivity index (χ3v) is 3.72. The predicted molar refractivity (Wildman–Crippen MR) is 53.6 cm³/mol. The van der Waals surface area contributed by atoms with Gasteiger partial charge in [-0.05, 0) is 32.5 Å². The first-order chi connectivity index (χ1) is 4.99. The molecule has 1 aliphatic heterocycles. The molecule has 66 valence electrons. The molecule has 0 spiro atoms. The molecule has 0 radical (unpaired) electrons. The monoisotopic (exact) mass is 171 g/mol. The topological polar surface area (TPSA) is 3.24 Å². The lowest BCUT2D eigenvalue weighted by atomic mass is 10.2. The smallest absolute Gasteiger partial charge is 0.0599 e. The average Bonchev–Trinajstić information content (AvgIpc) is 2.12. The molecular weight excluding hydrogens is 150 g/mol. The lowest BCUT2D eigenvalue weighted by molar-refractivity contribution is 0.308. The van der Waals surface area contributed by atoms with Crippen LogP contribution in [-0.2, 0) is 0 Å². The van der Waals surface area contributed by atoms with E-state index in [1.165, 1.54) is 25.6 Å². The summed E-state index contributed by atoms with van der Waals surface area (Å²) in [6.07, 6.45) is 4.24. The van der Waals surface area contributed by atoms with Crippen molar-refractivity contribution in [2.45, 2.75) is 45.4 Å². The van der Waals surface area contributed by atoms with Gasteiger partial charge in [0.05, 0.1) is 8.07 Å². The maximum absolute atomic E-state index is 2.67. The molecule has 0 bridgehead atoms. The highest BCUT2D eigenvalue weighted by Gasteiger charge is 2.25. The maximum atomic E-state index is 2.67. The van der Waals surface area contributed by atoms with Crippen molar-refractivity contribution in [2.24, 2.45) is 0 Å². The third kappa shape index (κ3) is 2.95. The third-order valence-electron chi connectivity index (χ3n) is 2.37. The summed E-state index contributed by atoms with van der Waals surface area (Å²) in [7, 11) is -0.838. The molecule has 1 fully saturated rings. The van der Waals surface area contributed by atoms with Crippen molar-refractivity contribution in [3.63, 3.8) is 0 Å². The fourth-order valence-electron chi connectivity index (χ4n) is 1.84. The van der Waals surface area contributed by atoms with Crippen molar-refractivity contribution in [3.05, 3.63) is 0 Å². The van der Waals surface area contributed by atoms with Crippen LogP contribution in [0.25, 0.3) is 0 Å². The molecule has 0 aliphatic carbocycles. The summed E-state index contributed by atoms with van der Waals surface area (Å²) in [4.78, 5) is 2.67. The van der Waals surface area contributed by atoms with E-state index < -0.39 is 8.07 Å². The molecule has 1 saturated heterocycles. The minimum atomic E-state index is -0.838. The molecule has 0 saturated carbocycles. The van der Waals surface area contributed by atoms with Gasteiger partial charge in [-0.15, -0.1) is 0 Å². The van der Waals surface area contributed by atoms with Gasteiger partial charge in [0.1, 0.15) is 0 Å². The fraction of sp³-hybridized carbons (Fsp3) is 1.00. The summed E-state index contributed by atoms with van der Waals surface area (Å²) in [5.41, 5.74) is 0. The molecule has 1 aliphatic rings. The minimum Gasteiger partial charge on any atom is -0.303 e. The second-order valence-corrected chi connectivity index (χ2v) is 10.5. The number of nitrogens with zero attached hydrogens (tertiary/aromatic N) is 1. The molecule has 0 amide bonds. The number of hydrogen-bond acceptors (Lipinski definition) is 1. The van der Waals surface area contributed by atoms with Crippen molar-refractivity contribution < 1.29 is 0 Å². The summed E-state index contributed by atoms with van der Waals surface area (Å²) < 4.78 is 0. The van der Waals surface area contributed by atoms with Crippen molar-refractivity contribution in [2.75, 3.05) is 12.7 Å². The van der Waals surface area contributed by atoms with Crippen LogP contribution in [0.4, 0.5) is 0 Å². The minimum absolute atomic E-state index is 0.838. The van der Waals surface area contributed by atoms with Crippen LogP contribution in [-0.4, -0.2) is 31.7 Å².